The Balaban J connectivity index is 1.83. The minimum Gasteiger partial charge on any atom is -0.480 e. The van der Waals surface area contributed by atoms with Crippen LogP contribution >= 0.6 is 0 Å². The molecule has 1 aromatic rings. The van der Waals surface area contributed by atoms with E-state index in [9.17, 15) is 9.59 Å². The summed E-state index contributed by atoms with van der Waals surface area (Å²) in [7, 11) is 3.73. The van der Waals surface area contributed by atoms with E-state index in [1.165, 1.54) is 11.1 Å². The molecule has 0 aliphatic carbocycles. The van der Waals surface area contributed by atoms with Gasteiger partial charge in [0, 0.05) is 26.2 Å². The third-order valence-corrected chi connectivity index (χ3v) is 5.25. The summed E-state index contributed by atoms with van der Waals surface area (Å²) in [4.78, 5) is 29.4. The number of aryl methyl sites for hydroxylation is 1. The third-order valence-electron chi connectivity index (χ3n) is 5.25. The molecule has 1 atom stereocenters. The van der Waals surface area contributed by atoms with Crippen LogP contribution in [-0.4, -0.2) is 78.0 Å². The molecule has 0 saturated carbocycles. The van der Waals surface area contributed by atoms with Crippen LogP contribution in [0.15, 0.2) is 24.3 Å². The quantitative estimate of drug-likeness (QED) is 0.803. The zero-order valence-electron chi connectivity index (χ0n) is 16.1. The number of rotatable bonds is 7. The van der Waals surface area contributed by atoms with E-state index >= 15 is 0 Å². The summed E-state index contributed by atoms with van der Waals surface area (Å²) in [5.74, 6) is -0.660. The van der Waals surface area contributed by atoms with Crippen molar-refractivity contribution < 1.29 is 14.7 Å². The van der Waals surface area contributed by atoms with Crippen LogP contribution in [0.1, 0.15) is 30.4 Å². The van der Waals surface area contributed by atoms with Crippen molar-refractivity contribution in [2.45, 2.75) is 38.8 Å². The van der Waals surface area contributed by atoms with Crippen molar-refractivity contribution >= 4 is 11.9 Å². The lowest BCUT2D eigenvalue weighted by Crippen LogP contribution is -2.40. The second kappa shape index (κ2) is 9.69. The Morgan fingerprint density at radius 2 is 1.92 bits per heavy atom. The molecular weight excluding hydrogens is 330 g/mol. The second-order valence-electron chi connectivity index (χ2n) is 7.35. The molecule has 2 rings (SSSR count). The molecule has 144 valence electrons. The smallest absolute Gasteiger partial charge is 0.317 e. The number of carboxylic acids is 1. The first kappa shape index (κ1) is 20.4. The number of nitrogens with zero attached hydrogens (tertiary/aromatic N) is 3. The second-order valence-corrected chi connectivity index (χ2v) is 7.35. The largest absolute Gasteiger partial charge is 0.480 e. The van der Waals surface area contributed by atoms with Crippen molar-refractivity contribution in [1.82, 2.24) is 14.7 Å². The Kier molecular flexibility index (Phi) is 7.60. The van der Waals surface area contributed by atoms with Crippen LogP contribution < -0.4 is 0 Å². The molecule has 6 heteroatoms. The molecule has 1 aliphatic heterocycles. The molecule has 1 amide bonds. The van der Waals surface area contributed by atoms with E-state index < -0.39 is 5.97 Å². The van der Waals surface area contributed by atoms with Gasteiger partial charge < -0.3 is 10.0 Å². The number of carboxylic acid groups (broad SMARTS) is 1. The minimum absolute atomic E-state index is 0.0722. The van der Waals surface area contributed by atoms with Gasteiger partial charge in [0.25, 0.3) is 0 Å². The summed E-state index contributed by atoms with van der Waals surface area (Å²) in [6, 6.07) is 8.42. The molecule has 0 aromatic heterocycles. The van der Waals surface area contributed by atoms with Gasteiger partial charge in [0.1, 0.15) is 0 Å². The molecule has 1 aliphatic rings. The summed E-state index contributed by atoms with van der Waals surface area (Å²) in [6.07, 6.45) is 2.87. The van der Waals surface area contributed by atoms with Gasteiger partial charge in [-0.2, -0.15) is 0 Å². The van der Waals surface area contributed by atoms with Gasteiger partial charge in [-0.25, -0.2) is 0 Å². The number of aliphatic carboxylic acids is 1. The molecule has 0 bridgehead atoms. The van der Waals surface area contributed by atoms with Gasteiger partial charge in [0.15, 0.2) is 0 Å². The number of amides is 1. The Morgan fingerprint density at radius 3 is 2.62 bits per heavy atom. The molecule has 1 unspecified atom stereocenters. The summed E-state index contributed by atoms with van der Waals surface area (Å²) in [5.41, 5.74) is 2.38. The number of carbonyl (C=O) groups is 2. The molecule has 1 fully saturated rings. The molecule has 1 saturated heterocycles. The van der Waals surface area contributed by atoms with Gasteiger partial charge in [-0.1, -0.05) is 24.3 Å². The Bertz CT molecular complexity index is 620. The molecule has 0 radical (unpaired) electrons. The lowest BCUT2D eigenvalue weighted by Gasteiger charge is -2.26. The Morgan fingerprint density at radius 1 is 1.19 bits per heavy atom. The van der Waals surface area contributed by atoms with Crippen LogP contribution in [0.3, 0.4) is 0 Å². The third kappa shape index (κ3) is 6.11. The van der Waals surface area contributed by atoms with Crippen molar-refractivity contribution in [3.05, 3.63) is 35.4 Å². The SMILES string of the molecule is Cc1ccccc1CN(C)C(=O)CN1CCCC(N(C)CC(=O)O)CC1. The highest BCUT2D eigenvalue weighted by Crippen LogP contribution is 2.16. The number of likely N-dealkylation sites (N-methyl/N-ethyl adjacent to an activating group) is 2. The van der Waals surface area contributed by atoms with Crippen LogP contribution in [-0.2, 0) is 16.1 Å². The fourth-order valence-electron chi connectivity index (χ4n) is 3.52. The van der Waals surface area contributed by atoms with Crippen molar-refractivity contribution in [2.24, 2.45) is 0 Å². The zero-order valence-corrected chi connectivity index (χ0v) is 16.1. The molecule has 1 N–H and O–H groups in total. The molecule has 26 heavy (non-hydrogen) atoms. The average molecular weight is 361 g/mol. The van der Waals surface area contributed by atoms with E-state index in [4.69, 9.17) is 5.11 Å². The first-order valence-electron chi connectivity index (χ1n) is 9.29. The predicted molar refractivity (Wildman–Crippen MR) is 102 cm³/mol. The van der Waals surface area contributed by atoms with E-state index in [1.54, 1.807) is 4.90 Å². The number of hydrogen-bond donors (Lipinski definition) is 1. The molecule has 1 aromatic carbocycles. The minimum atomic E-state index is -0.790. The van der Waals surface area contributed by atoms with E-state index in [-0.39, 0.29) is 18.5 Å². The van der Waals surface area contributed by atoms with Crippen molar-refractivity contribution in [2.75, 3.05) is 40.3 Å². The predicted octanol–water partition coefficient (Wildman–Crippen LogP) is 1.82. The monoisotopic (exact) mass is 361 g/mol. The maximum atomic E-state index is 12.6. The van der Waals surface area contributed by atoms with Gasteiger partial charge in [-0.3, -0.25) is 19.4 Å². The maximum Gasteiger partial charge on any atom is 0.317 e. The summed E-state index contributed by atoms with van der Waals surface area (Å²) in [5, 5.41) is 8.96. The van der Waals surface area contributed by atoms with Crippen molar-refractivity contribution in [3.8, 4) is 0 Å². The highest BCUT2D eigenvalue weighted by Gasteiger charge is 2.23. The van der Waals surface area contributed by atoms with Crippen molar-refractivity contribution in [1.29, 1.82) is 0 Å². The lowest BCUT2D eigenvalue weighted by molar-refractivity contribution is -0.138. The van der Waals surface area contributed by atoms with Crippen molar-refractivity contribution in [3.63, 3.8) is 0 Å². The van der Waals surface area contributed by atoms with Gasteiger partial charge in [-0.15, -0.1) is 0 Å². The van der Waals surface area contributed by atoms with E-state index in [2.05, 4.69) is 24.0 Å². The number of hydrogen-bond acceptors (Lipinski definition) is 4. The van der Waals surface area contributed by atoms with Crippen LogP contribution in [0.25, 0.3) is 0 Å². The molecule has 6 nitrogen and oxygen atoms in total. The van der Waals surface area contributed by atoms with Crippen LogP contribution in [0.5, 0.6) is 0 Å². The van der Waals surface area contributed by atoms with Crippen LogP contribution in [0.4, 0.5) is 0 Å². The standard InChI is InChI=1S/C20H31N3O3/c1-16-7-4-5-8-17(16)13-22(3)19(24)14-23-11-6-9-18(10-12-23)21(2)15-20(25)26/h4-5,7-8,18H,6,9-15H2,1-3H3,(H,25,26). The first-order valence-corrected chi connectivity index (χ1v) is 9.29. The topological polar surface area (TPSA) is 64.1 Å². The van der Waals surface area contributed by atoms with Gasteiger partial charge in [0.05, 0.1) is 13.1 Å². The van der Waals surface area contributed by atoms with Gasteiger partial charge >= 0.3 is 5.97 Å². The molecule has 1 heterocycles. The Labute approximate surface area is 156 Å². The average Bonchev–Trinajstić information content (AvgIpc) is 2.82. The van der Waals surface area contributed by atoms with Gasteiger partial charge in [0.2, 0.25) is 5.91 Å². The zero-order chi connectivity index (χ0) is 19.1. The molecule has 0 spiro atoms. The highest BCUT2D eigenvalue weighted by atomic mass is 16.4. The molecular formula is C20H31N3O3. The van der Waals surface area contributed by atoms with E-state index in [1.807, 2.05) is 31.1 Å². The number of carbonyl (C=O) groups excluding carboxylic acids is 1. The van der Waals surface area contributed by atoms with Crippen LogP contribution in [0.2, 0.25) is 0 Å². The fourth-order valence-corrected chi connectivity index (χ4v) is 3.52. The highest BCUT2D eigenvalue weighted by molar-refractivity contribution is 5.78. The summed E-state index contributed by atoms with van der Waals surface area (Å²) >= 11 is 0. The van der Waals surface area contributed by atoms with Crippen LogP contribution in [0, 0.1) is 6.92 Å². The number of benzene rings is 1. The van der Waals surface area contributed by atoms with Gasteiger partial charge in [-0.05, 0) is 50.9 Å². The summed E-state index contributed by atoms with van der Waals surface area (Å²) in [6.45, 7) is 4.92. The first-order chi connectivity index (χ1) is 12.4. The number of likely N-dealkylation sites (tertiary alicyclic amines) is 1. The van der Waals surface area contributed by atoms with E-state index in [0.717, 1.165) is 32.4 Å². The van der Waals surface area contributed by atoms with E-state index in [0.29, 0.717) is 13.1 Å². The normalized spacial score (nSPS) is 18.5. The fraction of sp³-hybridized carbons (Fsp3) is 0.600. The maximum absolute atomic E-state index is 12.6. The summed E-state index contributed by atoms with van der Waals surface area (Å²) < 4.78 is 0. The lowest BCUT2D eigenvalue weighted by atomic mass is 10.1. The Hall–Kier alpha value is -1.92.